The van der Waals surface area contributed by atoms with Crippen LogP contribution >= 0.6 is 0 Å². The fourth-order valence-corrected chi connectivity index (χ4v) is 6.13. The topological polar surface area (TPSA) is 35.2 Å². The zero-order valence-electron chi connectivity index (χ0n) is 21.1. The number of hydrogen-bond acceptors (Lipinski definition) is 3. The quantitative estimate of drug-likeness (QED) is 0.520. The Bertz CT molecular complexity index is 1110. The maximum absolute atomic E-state index is 4.45. The molecule has 0 atom stereocenters. The van der Waals surface area contributed by atoms with Gasteiger partial charge in [-0.3, -0.25) is 4.98 Å². The number of rotatable bonds is 4. The number of nitrogens with zero attached hydrogens (tertiary/aromatic N) is 3. The van der Waals surface area contributed by atoms with Gasteiger partial charge in [-0.15, -0.1) is 0 Å². The van der Waals surface area contributed by atoms with E-state index in [1.165, 1.54) is 90.7 Å². The van der Waals surface area contributed by atoms with Crippen molar-refractivity contribution in [2.45, 2.75) is 78.3 Å². The van der Waals surface area contributed by atoms with Crippen molar-refractivity contribution in [2.24, 2.45) is 0 Å². The lowest BCUT2D eigenvalue weighted by molar-refractivity contribution is 0.0753. The first-order chi connectivity index (χ1) is 15.9. The largest absolute Gasteiger partial charge is 0.354 e. The summed E-state index contributed by atoms with van der Waals surface area (Å²) in [6, 6.07) is 10.8. The van der Waals surface area contributed by atoms with Crippen LogP contribution in [0.25, 0.3) is 22.2 Å². The highest BCUT2D eigenvalue weighted by Gasteiger charge is 2.29. The van der Waals surface area contributed by atoms with Gasteiger partial charge in [0, 0.05) is 46.1 Å². The van der Waals surface area contributed by atoms with Gasteiger partial charge in [-0.1, -0.05) is 6.07 Å². The van der Waals surface area contributed by atoms with Crippen molar-refractivity contribution in [1.29, 1.82) is 0 Å². The van der Waals surface area contributed by atoms with Gasteiger partial charge in [0.15, 0.2) is 0 Å². The van der Waals surface area contributed by atoms with Crippen LogP contribution in [-0.2, 0) is 0 Å². The second-order valence-corrected chi connectivity index (χ2v) is 10.7. The number of aromatic nitrogens is 2. The van der Waals surface area contributed by atoms with Gasteiger partial charge in [-0.2, -0.15) is 0 Å². The molecule has 1 N–H and O–H groups in total. The third kappa shape index (κ3) is 4.48. The Morgan fingerprint density at radius 3 is 2.36 bits per heavy atom. The Balaban J connectivity index is 1.29. The normalized spacial score (nSPS) is 19.7. The van der Waals surface area contributed by atoms with Crippen molar-refractivity contribution in [2.75, 3.05) is 26.2 Å². The highest BCUT2D eigenvalue weighted by Crippen LogP contribution is 2.36. The minimum atomic E-state index is 0.684. The molecule has 1 aromatic carbocycles. The number of nitrogens with one attached hydrogen (secondary N) is 1. The molecule has 0 aliphatic carbocycles. The van der Waals surface area contributed by atoms with Crippen molar-refractivity contribution in [3.8, 4) is 11.3 Å². The number of fused-ring (bicyclic) bond motifs is 1. The molecule has 2 aliphatic heterocycles. The highest BCUT2D eigenvalue weighted by molar-refractivity contribution is 5.91. The maximum atomic E-state index is 4.45. The van der Waals surface area contributed by atoms with Gasteiger partial charge in [0.2, 0.25) is 0 Å². The summed E-state index contributed by atoms with van der Waals surface area (Å²) in [5.41, 5.74) is 8.93. The molecule has 2 aliphatic rings. The molecule has 0 spiro atoms. The van der Waals surface area contributed by atoms with E-state index < -0.39 is 0 Å². The Kier molecular flexibility index (Phi) is 6.32. The standard InChI is InChI=1S/C29H40N4/c1-19(2)32-14-10-25(11-15-32)33-12-8-23(9-13-33)24-6-7-28-27(17-24)22(5)29(31-28)26-16-21(4)30-18-20(26)3/h6-7,16-19,23,25,31H,8-15H2,1-5H3. The molecule has 0 saturated carbocycles. The van der Waals surface area contributed by atoms with E-state index in [0.29, 0.717) is 12.0 Å². The third-order valence-corrected chi connectivity index (χ3v) is 8.34. The van der Waals surface area contributed by atoms with Gasteiger partial charge >= 0.3 is 0 Å². The molecule has 0 radical (unpaired) electrons. The summed E-state index contributed by atoms with van der Waals surface area (Å²) in [5, 5.41) is 1.37. The SMILES string of the molecule is Cc1cc(-c2[nH]c3ccc(C4CCN(C5CCN(C(C)C)CC5)CC4)cc3c2C)c(C)cn1. The first kappa shape index (κ1) is 22.6. The average Bonchev–Trinajstić information content (AvgIpc) is 3.16. The van der Waals surface area contributed by atoms with Crippen LogP contribution in [-0.4, -0.2) is 58.0 Å². The second kappa shape index (κ2) is 9.23. The van der Waals surface area contributed by atoms with Crippen LogP contribution < -0.4 is 0 Å². The first-order valence-electron chi connectivity index (χ1n) is 12.9. The lowest BCUT2D eigenvalue weighted by atomic mass is 9.87. The summed E-state index contributed by atoms with van der Waals surface area (Å²) in [4.78, 5) is 13.6. The van der Waals surface area contributed by atoms with Gasteiger partial charge in [-0.25, -0.2) is 0 Å². The van der Waals surface area contributed by atoms with Crippen molar-refractivity contribution in [1.82, 2.24) is 19.8 Å². The number of hydrogen-bond donors (Lipinski definition) is 1. The van der Waals surface area contributed by atoms with Gasteiger partial charge in [0.25, 0.3) is 0 Å². The monoisotopic (exact) mass is 444 g/mol. The summed E-state index contributed by atoms with van der Waals surface area (Å²) in [7, 11) is 0. The molecule has 0 bridgehead atoms. The molecule has 2 aromatic heterocycles. The summed E-state index contributed by atoms with van der Waals surface area (Å²) in [6.45, 7) is 16.2. The van der Waals surface area contributed by atoms with E-state index in [9.17, 15) is 0 Å². The predicted molar refractivity (Wildman–Crippen MR) is 139 cm³/mol. The third-order valence-electron chi connectivity index (χ3n) is 8.34. The number of pyridine rings is 1. The fraction of sp³-hybridized carbons (Fsp3) is 0.552. The zero-order chi connectivity index (χ0) is 23.1. The molecule has 2 fully saturated rings. The molecule has 176 valence electrons. The minimum Gasteiger partial charge on any atom is -0.354 e. The number of H-pyrrole nitrogens is 1. The molecule has 4 heteroatoms. The minimum absolute atomic E-state index is 0.684. The molecule has 33 heavy (non-hydrogen) atoms. The van der Waals surface area contributed by atoms with E-state index in [1.54, 1.807) is 0 Å². The molecule has 3 aromatic rings. The fourth-order valence-electron chi connectivity index (χ4n) is 6.13. The van der Waals surface area contributed by atoms with Crippen LogP contribution in [0.1, 0.15) is 67.8 Å². The van der Waals surface area contributed by atoms with E-state index in [2.05, 4.69) is 78.7 Å². The van der Waals surface area contributed by atoms with E-state index in [-0.39, 0.29) is 0 Å². The number of piperidine rings is 2. The molecule has 0 amide bonds. The molecule has 2 saturated heterocycles. The average molecular weight is 445 g/mol. The van der Waals surface area contributed by atoms with Crippen LogP contribution in [0.2, 0.25) is 0 Å². The van der Waals surface area contributed by atoms with E-state index in [4.69, 9.17) is 0 Å². The second-order valence-electron chi connectivity index (χ2n) is 10.7. The van der Waals surface area contributed by atoms with Gasteiger partial charge < -0.3 is 14.8 Å². The van der Waals surface area contributed by atoms with Gasteiger partial charge in [0.05, 0.1) is 0 Å². The van der Waals surface area contributed by atoms with Crippen LogP contribution in [0.4, 0.5) is 0 Å². The molecule has 0 unspecified atom stereocenters. The Morgan fingerprint density at radius 1 is 0.939 bits per heavy atom. The molecule has 5 rings (SSSR count). The van der Waals surface area contributed by atoms with E-state index in [0.717, 1.165) is 11.7 Å². The summed E-state index contributed by atoms with van der Waals surface area (Å²) >= 11 is 0. The predicted octanol–water partition coefficient (Wildman–Crippen LogP) is 6.21. The number of aryl methyl sites for hydroxylation is 3. The Morgan fingerprint density at radius 2 is 1.67 bits per heavy atom. The van der Waals surface area contributed by atoms with Crippen molar-refractivity contribution < 1.29 is 0 Å². The number of benzene rings is 1. The maximum Gasteiger partial charge on any atom is 0.0498 e. The van der Waals surface area contributed by atoms with Crippen molar-refractivity contribution in [3.05, 3.63) is 52.8 Å². The lowest BCUT2D eigenvalue weighted by Gasteiger charge is -2.42. The van der Waals surface area contributed by atoms with E-state index in [1.807, 2.05) is 6.20 Å². The highest BCUT2D eigenvalue weighted by atomic mass is 15.2. The Labute approximate surface area is 199 Å². The van der Waals surface area contributed by atoms with Gasteiger partial charge in [-0.05, 0) is 127 Å². The van der Waals surface area contributed by atoms with Crippen LogP contribution in [0.5, 0.6) is 0 Å². The van der Waals surface area contributed by atoms with Crippen molar-refractivity contribution >= 4 is 10.9 Å². The van der Waals surface area contributed by atoms with Gasteiger partial charge in [0.1, 0.15) is 0 Å². The Hall–Kier alpha value is -2.17. The number of aromatic amines is 1. The molecular weight excluding hydrogens is 404 g/mol. The zero-order valence-corrected chi connectivity index (χ0v) is 21.1. The van der Waals surface area contributed by atoms with Crippen LogP contribution in [0.15, 0.2) is 30.5 Å². The number of likely N-dealkylation sites (tertiary alicyclic amines) is 2. The lowest BCUT2D eigenvalue weighted by Crippen LogP contribution is -2.48. The first-order valence-corrected chi connectivity index (χ1v) is 12.9. The van der Waals surface area contributed by atoms with E-state index >= 15 is 0 Å². The summed E-state index contributed by atoms with van der Waals surface area (Å²) in [5.74, 6) is 0.684. The molecule has 4 heterocycles. The summed E-state index contributed by atoms with van der Waals surface area (Å²) in [6.07, 6.45) is 7.24. The molecular formula is C29H40N4. The smallest absolute Gasteiger partial charge is 0.0498 e. The van der Waals surface area contributed by atoms with Crippen molar-refractivity contribution in [3.63, 3.8) is 0 Å². The van der Waals surface area contributed by atoms with Crippen LogP contribution in [0, 0.1) is 20.8 Å². The van der Waals surface area contributed by atoms with Crippen LogP contribution in [0.3, 0.4) is 0 Å². The molecule has 4 nitrogen and oxygen atoms in total. The summed E-state index contributed by atoms with van der Waals surface area (Å²) < 4.78 is 0.